The van der Waals surface area contributed by atoms with E-state index in [0.29, 0.717) is 43.8 Å². The predicted octanol–water partition coefficient (Wildman–Crippen LogP) is 1.37. The van der Waals surface area contributed by atoms with E-state index in [9.17, 15) is 4.79 Å². The van der Waals surface area contributed by atoms with Crippen molar-refractivity contribution in [3.05, 3.63) is 11.7 Å². The molecule has 7 heteroatoms. The van der Waals surface area contributed by atoms with Crippen LogP contribution in [0.5, 0.6) is 0 Å². The molecular formula is C14H26N4O3. The molecule has 0 radical (unpaired) electrons. The molecule has 0 saturated carbocycles. The highest BCUT2D eigenvalue weighted by Gasteiger charge is 2.17. The first-order chi connectivity index (χ1) is 9.93. The summed E-state index contributed by atoms with van der Waals surface area (Å²) in [7, 11) is 3.54. The van der Waals surface area contributed by atoms with Crippen molar-refractivity contribution in [2.75, 3.05) is 27.2 Å². The number of aromatic nitrogens is 2. The maximum atomic E-state index is 11.8. The highest BCUT2D eigenvalue weighted by Crippen LogP contribution is 2.15. The Balaban J connectivity index is 2.49. The van der Waals surface area contributed by atoms with Gasteiger partial charge in [-0.1, -0.05) is 19.0 Å². The van der Waals surface area contributed by atoms with Crippen LogP contribution in [0.25, 0.3) is 0 Å². The molecule has 0 aromatic carbocycles. The van der Waals surface area contributed by atoms with E-state index in [1.165, 1.54) is 0 Å². The zero-order chi connectivity index (χ0) is 15.8. The molecule has 1 heterocycles. The van der Waals surface area contributed by atoms with Crippen molar-refractivity contribution in [3.8, 4) is 0 Å². The molecule has 0 fully saturated rings. The third kappa shape index (κ3) is 6.22. The lowest BCUT2D eigenvalue weighted by Crippen LogP contribution is -2.28. The lowest BCUT2D eigenvalue weighted by molar-refractivity contribution is -0.130. The van der Waals surface area contributed by atoms with E-state index in [0.717, 1.165) is 0 Å². The number of nitrogens with one attached hydrogen (secondary N) is 1. The van der Waals surface area contributed by atoms with E-state index < -0.39 is 0 Å². The normalized spacial score (nSPS) is 12.7. The second-order valence-corrected chi connectivity index (χ2v) is 5.52. The number of nitrogens with zero attached hydrogens (tertiary/aromatic N) is 3. The average molecular weight is 298 g/mol. The summed E-state index contributed by atoms with van der Waals surface area (Å²) >= 11 is 0. The molecule has 0 aliphatic rings. The van der Waals surface area contributed by atoms with Crippen LogP contribution >= 0.6 is 0 Å². The summed E-state index contributed by atoms with van der Waals surface area (Å²) in [4.78, 5) is 17.7. The van der Waals surface area contributed by atoms with Crippen LogP contribution in [0.4, 0.5) is 0 Å². The lowest BCUT2D eigenvalue weighted by Gasteiger charge is -2.14. The Hall–Kier alpha value is -1.47. The molecule has 1 N–H and O–H groups in total. The molecule has 1 amide bonds. The highest BCUT2D eigenvalue weighted by atomic mass is 16.5. The fraction of sp³-hybridized carbons (Fsp3) is 0.786. The standard InChI is InChI=1S/C14H26N4O3/c1-10(2)9-20-11(3)14-16-12(21-17-14)8-18(5)13(19)6-7-15-4/h10-11,15H,6-9H2,1-5H3. The maximum Gasteiger partial charge on any atom is 0.246 e. The molecule has 120 valence electrons. The molecule has 7 nitrogen and oxygen atoms in total. The van der Waals surface area contributed by atoms with Gasteiger partial charge in [-0.05, 0) is 19.9 Å². The summed E-state index contributed by atoms with van der Waals surface area (Å²) in [6.45, 7) is 7.66. The molecule has 0 spiro atoms. The van der Waals surface area contributed by atoms with Crippen LogP contribution in [0, 0.1) is 5.92 Å². The summed E-state index contributed by atoms with van der Waals surface area (Å²) in [5.41, 5.74) is 0. The van der Waals surface area contributed by atoms with Crippen LogP contribution in [-0.2, 0) is 16.1 Å². The van der Waals surface area contributed by atoms with E-state index in [1.807, 2.05) is 14.0 Å². The highest BCUT2D eigenvalue weighted by molar-refractivity contribution is 5.75. The number of ether oxygens (including phenoxy) is 1. The van der Waals surface area contributed by atoms with Crippen LogP contribution in [0.3, 0.4) is 0 Å². The Labute approximate surface area is 126 Å². The summed E-state index contributed by atoms with van der Waals surface area (Å²) in [6.07, 6.45) is 0.234. The molecule has 1 aromatic rings. The lowest BCUT2D eigenvalue weighted by atomic mass is 10.2. The van der Waals surface area contributed by atoms with E-state index in [2.05, 4.69) is 29.3 Å². The molecule has 1 unspecified atom stereocenters. The molecule has 1 rings (SSSR count). The number of rotatable bonds is 9. The third-order valence-corrected chi connectivity index (χ3v) is 2.91. The zero-order valence-corrected chi connectivity index (χ0v) is 13.5. The second-order valence-electron chi connectivity index (χ2n) is 5.52. The summed E-state index contributed by atoms with van der Waals surface area (Å²) in [5.74, 6) is 1.43. The van der Waals surface area contributed by atoms with Gasteiger partial charge in [-0.15, -0.1) is 0 Å². The minimum absolute atomic E-state index is 0.0354. The first-order valence-electron chi connectivity index (χ1n) is 7.26. The molecule has 1 atom stereocenters. The summed E-state index contributed by atoms with van der Waals surface area (Å²) < 4.78 is 10.8. The molecule has 1 aromatic heterocycles. The Morgan fingerprint density at radius 2 is 2.14 bits per heavy atom. The van der Waals surface area contributed by atoms with E-state index >= 15 is 0 Å². The monoisotopic (exact) mass is 298 g/mol. The van der Waals surface area contributed by atoms with Crippen molar-refractivity contribution in [3.63, 3.8) is 0 Å². The van der Waals surface area contributed by atoms with Crippen molar-refractivity contribution >= 4 is 5.91 Å². The smallest absolute Gasteiger partial charge is 0.246 e. The van der Waals surface area contributed by atoms with Crippen molar-refractivity contribution in [2.24, 2.45) is 5.92 Å². The van der Waals surface area contributed by atoms with Crippen LogP contribution in [0.1, 0.15) is 45.0 Å². The van der Waals surface area contributed by atoms with E-state index in [4.69, 9.17) is 9.26 Å². The Bertz CT molecular complexity index is 434. The molecular weight excluding hydrogens is 272 g/mol. The van der Waals surface area contributed by atoms with Gasteiger partial charge in [-0.25, -0.2) is 0 Å². The fourth-order valence-corrected chi connectivity index (χ4v) is 1.62. The molecule has 0 bridgehead atoms. The van der Waals surface area contributed by atoms with Gasteiger partial charge >= 0.3 is 0 Å². The van der Waals surface area contributed by atoms with Crippen LogP contribution in [0.15, 0.2) is 4.52 Å². The van der Waals surface area contributed by atoms with Crippen molar-refractivity contribution < 1.29 is 14.1 Å². The summed E-state index contributed by atoms with van der Waals surface area (Å²) in [6, 6.07) is 0. The Morgan fingerprint density at radius 1 is 1.43 bits per heavy atom. The minimum Gasteiger partial charge on any atom is -0.370 e. The van der Waals surface area contributed by atoms with Crippen LogP contribution in [-0.4, -0.2) is 48.2 Å². The van der Waals surface area contributed by atoms with Crippen molar-refractivity contribution in [2.45, 2.75) is 39.8 Å². The first kappa shape index (κ1) is 17.6. The number of carbonyl (C=O) groups excluding carboxylic acids is 1. The van der Waals surface area contributed by atoms with Gasteiger partial charge in [0.05, 0.1) is 6.54 Å². The molecule has 0 saturated heterocycles. The van der Waals surface area contributed by atoms with Gasteiger partial charge < -0.3 is 19.5 Å². The molecule has 0 aliphatic heterocycles. The molecule has 0 aliphatic carbocycles. The van der Waals surface area contributed by atoms with Gasteiger partial charge in [0.2, 0.25) is 11.8 Å². The second kappa shape index (κ2) is 8.74. The Kier molecular flexibility index (Phi) is 7.31. The quantitative estimate of drug-likeness (QED) is 0.741. The van der Waals surface area contributed by atoms with Crippen molar-refractivity contribution in [1.82, 2.24) is 20.4 Å². The predicted molar refractivity (Wildman–Crippen MR) is 78.5 cm³/mol. The van der Waals surface area contributed by atoms with Crippen LogP contribution < -0.4 is 5.32 Å². The average Bonchev–Trinajstić information content (AvgIpc) is 2.90. The first-order valence-corrected chi connectivity index (χ1v) is 7.26. The number of carbonyl (C=O) groups is 1. The largest absolute Gasteiger partial charge is 0.370 e. The van der Waals surface area contributed by atoms with Gasteiger partial charge in [-0.3, -0.25) is 4.79 Å². The number of hydrogen-bond acceptors (Lipinski definition) is 6. The SMILES string of the molecule is CNCCC(=O)N(C)Cc1nc(C(C)OCC(C)C)no1. The van der Waals surface area contributed by atoms with Gasteiger partial charge in [-0.2, -0.15) is 4.98 Å². The topological polar surface area (TPSA) is 80.5 Å². The maximum absolute atomic E-state index is 11.8. The van der Waals surface area contributed by atoms with Crippen molar-refractivity contribution in [1.29, 1.82) is 0 Å². The molecule has 21 heavy (non-hydrogen) atoms. The summed E-state index contributed by atoms with van der Waals surface area (Å²) in [5, 5.41) is 6.85. The number of hydrogen-bond donors (Lipinski definition) is 1. The van der Waals surface area contributed by atoms with Crippen LogP contribution in [0.2, 0.25) is 0 Å². The van der Waals surface area contributed by atoms with E-state index in [1.54, 1.807) is 11.9 Å². The van der Waals surface area contributed by atoms with Gasteiger partial charge in [0, 0.05) is 26.6 Å². The minimum atomic E-state index is -0.213. The van der Waals surface area contributed by atoms with Gasteiger partial charge in [0.25, 0.3) is 0 Å². The van der Waals surface area contributed by atoms with Gasteiger partial charge in [0.1, 0.15) is 6.10 Å². The van der Waals surface area contributed by atoms with E-state index in [-0.39, 0.29) is 12.0 Å². The third-order valence-electron chi connectivity index (χ3n) is 2.91. The van der Waals surface area contributed by atoms with Gasteiger partial charge in [0.15, 0.2) is 5.82 Å². The number of amides is 1. The zero-order valence-electron chi connectivity index (χ0n) is 13.5. The fourth-order valence-electron chi connectivity index (χ4n) is 1.62. The Morgan fingerprint density at radius 3 is 2.76 bits per heavy atom.